The van der Waals surface area contributed by atoms with Crippen molar-refractivity contribution in [2.45, 2.75) is 25.5 Å². The average Bonchev–Trinajstić information content (AvgIpc) is 2.71. The molecule has 20 heavy (non-hydrogen) atoms. The van der Waals surface area contributed by atoms with E-state index in [1.165, 1.54) is 13.0 Å². The molecule has 2 rings (SSSR count). The Balaban J connectivity index is 2.18. The average molecular weight is 284 g/mol. The van der Waals surface area contributed by atoms with Gasteiger partial charge >= 0.3 is 0 Å². The molecule has 0 aromatic heterocycles. The van der Waals surface area contributed by atoms with Gasteiger partial charge in [0.1, 0.15) is 29.5 Å². The first kappa shape index (κ1) is 14.4. The molecule has 2 unspecified atom stereocenters. The molecule has 0 spiro atoms. The van der Waals surface area contributed by atoms with E-state index in [9.17, 15) is 18.4 Å². The molecule has 1 heterocycles. The lowest BCUT2D eigenvalue weighted by atomic mass is 10.2. The lowest BCUT2D eigenvalue weighted by Crippen LogP contribution is -2.45. The fourth-order valence-corrected chi connectivity index (χ4v) is 2.08. The molecule has 2 atom stereocenters. The number of hydrogen-bond acceptors (Lipinski definition) is 3. The summed E-state index contributed by atoms with van der Waals surface area (Å²) in [6.07, 6.45) is -1.02. The molecule has 7 heteroatoms. The van der Waals surface area contributed by atoms with Crippen LogP contribution in [0.3, 0.4) is 0 Å². The lowest BCUT2D eigenvalue weighted by Gasteiger charge is -2.18. The molecule has 1 aliphatic heterocycles. The van der Waals surface area contributed by atoms with E-state index in [4.69, 9.17) is 5.11 Å². The van der Waals surface area contributed by atoms with Crippen LogP contribution in [0, 0.1) is 11.6 Å². The van der Waals surface area contributed by atoms with E-state index < -0.39 is 41.3 Å². The van der Waals surface area contributed by atoms with E-state index in [1.807, 2.05) is 0 Å². The second kappa shape index (κ2) is 5.54. The molecule has 0 saturated carbocycles. The van der Waals surface area contributed by atoms with Crippen LogP contribution >= 0.6 is 0 Å². The molecule has 5 nitrogen and oxygen atoms in total. The van der Waals surface area contributed by atoms with Crippen LogP contribution in [0.1, 0.15) is 13.3 Å². The Kier molecular flexibility index (Phi) is 3.99. The van der Waals surface area contributed by atoms with Crippen molar-refractivity contribution in [2.24, 2.45) is 0 Å². The van der Waals surface area contributed by atoms with Crippen LogP contribution in [0.25, 0.3) is 0 Å². The molecule has 0 radical (unpaired) electrons. The first-order valence-electron chi connectivity index (χ1n) is 6.15. The monoisotopic (exact) mass is 284 g/mol. The van der Waals surface area contributed by atoms with Gasteiger partial charge in [0.2, 0.25) is 11.8 Å². The number of halogens is 2. The van der Waals surface area contributed by atoms with Gasteiger partial charge in [-0.15, -0.1) is 0 Å². The van der Waals surface area contributed by atoms with Crippen molar-refractivity contribution >= 4 is 17.5 Å². The van der Waals surface area contributed by atoms with E-state index >= 15 is 0 Å². The van der Waals surface area contributed by atoms with Crippen LogP contribution in [0.5, 0.6) is 0 Å². The van der Waals surface area contributed by atoms with Gasteiger partial charge in [-0.25, -0.2) is 8.78 Å². The molecule has 2 N–H and O–H groups in total. The highest BCUT2D eigenvalue weighted by Gasteiger charge is 2.36. The first-order valence-corrected chi connectivity index (χ1v) is 6.15. The fourth-order valence-electron chi connectivity index (χ4n) is 2.08. The summed E-state index contributed by atoms with van der Waals surface area (Å²) in [5.41, 5.74) is -0.411. The summed E-state index contributed by atoms with van der Waals surface area (Å²) < 4.78 is 27.3. The largest absolute Gasteiger partial charge is 0.384 e. The third kappa shape index (κ3) is 2.62. The number of hydrogen-bond donors (Lipinski definition) is 2. The second-order valence-corrected chi connectivity index (χ2v) is 4.59. The molecule has 1 fully saturated rings. The maximum Gasteiger partial charge on any atom is 0.249 e. The minimum Gasteiger partial charge on any atom is -0.384 e. The van der Waals surface area contributed by atoms with Crippen molar-refractivity contribution in [2.75, 3.05) is 11.4 Å². The lowest BCUT2D eigenvalue weighted by molar-refractivity contribution is -0.131. The summed E-state index contributed by atoms with van der Waals surface area (Å²) in [6.45, 7) is 1.37. The molecule has 1 aromatic carbocycles. The number of carbonyl (C=O) groups excluding carboxylic acids is 2. The third-order valence-corrected chi connectivity index (χ3v) is 3.11. The van der Waals surface area contributed by atoms with Crippen LogP contribution in [0.15, 0.2) is 18.2 Å². The smallest absolute Gasteiger partial charge is 0.249 e. The number of benzene rings is 1. The maximum atomic E-state index is 13.6. The Morgan fingerprint density at radius 2 is 2.05 bits per heavy atom. The first-order chi connectivity index (χ1) is 9.41. The summed E-state index contributed by atoms with van der Waals surface area (Å²) in [4.78, 5) is 24.4. The standard InChI is InChI=1S/C13H14F2N2O3/c1-7(18)12(19)16-10-5-6-17(13(10)20)11-8(14)3-2-4-9(11)15/h2-4,7,10,18H,5-6H2,1H3,(H,16,19). The predicted molar refractivity (Wildman–Crippen MR) is 66.9 cm³/mol. The molecular formula is C13H14F2N2O3. The number of rotatable bonds is 3. The van der Waals surface area contributed by atoms with E-state index in [1.54, 1.807) is 0 Å². The number of para-hydroxylation sites is 1. The number of nitrogens with one attached hydrogen (secondary N) is 1. The number of anilines is 1. The SMILES string of the molecule is CC(O)C(=O)NC1CCN(c2c(F)cccc2F)C1=O. The highest BCUT2D eigenvalue weighted by Crippen LogP contribution is 2.27. The van der Waals surface area contributed by atoms with Crippen molar-refractivity contribution in [1.29, 1.82) is 0 Å². The number of aliphatic hydroxyl groups is 1. The molecular weight excluding hydrogens is 270 g/mol. The summed E-state index contributed by atoms with van der Waals surface area (Å²) in [5, 5.41) is 11.4. The van der Waals surface area contributed by atoms with Crippen LogP contribution in [0.2, 0.25) is 0 Å². The minimum absolute atomic E-state index is 0.0987. The van der Waals surface area contributed by atoms with Crippen LogP contribution in [0.4, 0.5) is 14.5 Å². The van der Waals surface area contributed by atoms with E-state index in [2.05, 4.69) is 5.32 Å². The van der Waals surface area contributed by atoms with E-state index in [0.29, 0.717) is 0 Å². The highest BCUT2D eigenvalue weighted by atomic mass is 19.1. The summed E-state index contributed by atoms with van der Waals surface area (Å²) in [5.74, 6) is -2.95. The zero-order valence-electron chi connectivity index (χ0n) is 10.8. The van der Waals surface area contributed by atoms with E-state index in [-0.39, 0.29) is 13.0 Å². The van der Waals surface area contributed by atoms with Crippen molar-refractivity contribution in [3.8, 4) is 0 Å². The van der Waals surface area contributed by atoms with Gasteiger partial charge in [0.05, 0.1) is 0 Å². The zero-order chi connectivity index (χ0) is 14.9. The fraction of sp³-hybridized carbons (Fsp3) is 0.385. The number of carbonyl (C=O) groups is 2. The van der Waals surface area contributed by atoms with Crippen molar-refractivity contribution < 1.29 is 23.5 Å². The Hall–Kier alpha value is -2.02. The van der Waals surface area contributed by atoms with Crippen molar-refractivity contribution in [1.82, 2.24) is 5.32 Å². The summed E-state index contributed by atoms with van der Waals surface area (Å²) in [7, 11) is 0. The topological polar surface area (TPSA) is 69.6 Å². The summed E-state index contributed by atoms with van der Waals surface area (Å²) in [6, 6.07) is 2.46. The van der Waals surface area contributed by atoms with Gasteiger partial charge in [-0.1, -0.05) is 6.07 Å². The van der Waals surface area contributed by atoms with Crippen molar-refractivity contribution in [3.63, 3.8) is 0 Å². The van der Waals surface area contributed by atoms with Crippen LogP contribution in [-0.2, 0) is 9.59 Å². The van der Waals surface area contributed by atoms with Gasteiger partial charge in [-0.2, -0.15) is 0 Å². The minimum atomic E-state index is -1.25. The normalized spacial score (nSPS) is 20.1. The van der Waals surface area contributed by atoms with Gasteiger partial charge in [-0.3, -0.25) is 9.59 Å². The molecule has 1 saturated heterocycles. The van der Waals surface area contributed by atoms with Gasteiger partial charge in [0.25, 0.3) is 0 Å². The quantitative estimate of drug-likeness (QED) is 0.852. The van der Waals surface area contributed by atoms with Gasteiger partial charge in [-0.05, 0) is 25.5 Å². The number of nitrogens with zero attached hydrogens (tertiary/aromatic N) is 1. The third-order valence-electron chi connectivity index (χ3n) is 3.11. The highest BCUT2D eigenvalue weighted by molar-refractivity contribution is 6.01. The van der Waals surface area contributed by atoms with Gasteiger partial charge < -0.3 is 15.3 Å². The Morgan fingerprint density at radius 3 is 2.60 bits per heavy atom. The Bertz CT molecular complexity index is 528. The van der Waals surface area contributed by atoms with E-state index in [0.717, 1.165) is 17.0 Å². The maximum absolute atomic E-state index is 13.6. The Morgan fingerprint density at radius 1 is 1.45 bits per heavy atom. The number of amides is 2. The van der Waals surface area contributed by atoms with Crippen LogP contribution in [-0.4, -0.2) is 35.6 Å². The van der Waals surface area contributed by atoms with Crippen LogP contribution < -0.4 is 10.2 Å². The molecule has 0 bridgehead atoms. The Labute approximate surface area is 114 Å². The molecule has 108 valence electrons. The molecule has 2 amide bonds. The van der Waals surface area contributed by atoms with Gasteiger partial charge in [0.15, 0.2) is 0 Å². The summed E-state index contributed by atoms with van der Waals surface area (Å²) >= 11 is 0. The number of aliphatic hydroxyl groups excluding tert-OH is 1. The molecule has 0 aliphatic carbocycles. The van der Waals surface area contributed by atoms with Gasteiger partial charge in [0, 0.05) is 6.54 Å². The predicted octanol–water partition coefficient (Wildman–Crippen LogP) is 0.567. The molecule has 1 aliphatic rings. The molecule has 1 aromatic rings. The zero-order valence-corrected chi connectivity index (χ0v) is 10.8. The second-order valence-electron chi connectivity index (χ2n) is 4.59. The van der Waals surface area contributed by atoms with Crippen molar-refractivity contribution in [3.05, 3.63) is 29.8 Å².